The zero-order chi connectivity index (χ0) is 28.9. The summed E-state index contributed by atoms with van der Waals surface area (Å²) >= 11 is 7.85. The molecular formula is C30H30ClN7O2S. The topological polar surface area (TPSA) is 114 Å². The molecule has 2 N–H and O–H groups in total. The molecule has 5 rings (SSSR count). The van der Waals surface area contributed by atoms with Gasteiger partial charge in [0.1, 0.15) is 16.9 Å². The molecule has 4 aromatic rings. The number of benzene rings is 1. The van der Waals surface area contributed by atoms with Crippen LogP contribution in [0.2, 0.25) is 5.02 Å². The van der Waals surface area contributed by atoms with E-state index in [0.29, 0.717) is 30.4 Å². The first-order valence-electron chi connectivity index (χ1n) is 13.3. The Bertz CT molecular complexity index is 1620. The van der Waals surface area contributed by atoms with Gasteiger partial charge in [0, 0.05) is 52.6 Å². The van der Waals surface area contributed by atoms with Crippen molar-refractivity contribution in [2.24, 2.45) is 4.99 Å². The first-order valence-corrected chi connectivity index (χ1v) is 14.5. The van der Waals surface area contributed by atoms with Crippen LogP contribution >= 0.6 is 22.9 Å². The number of nitrogens with one attached hydrogen (secondary N) is 2. The number of pyridine rings is 1. The zero-order valence-electron chi connectivity index (χ0n) is 23.0. The number of rotatable bonds is 9. The summed E-state index contributed by atoms with van der Waals surface area (Å²) in [6.45, 7) is 6.96. The minimum Gasteiger partial charge on any atom is -0.356 e. The first-order chi connectivity index (χ1) is 19.8. The fourth-order valence-corrected chi connectivity index (χ4v) is 5.95. The second-order valence-electron chi connectivity index (χ2n) is 9.72. The average Bonchev–Trinajstić information content (AvgIpc) is 3.44. The molecular weight excluding hydrogens is 558 g/mol. The number of amides is 2. The molecule has 11 heteroatoms. The van der Waals surface area contributed by atoms with Gasteiger partial charge in [-0.3, -0.25) is 24.1 Å². The molecule has 1 aliphatic heterocycles. The summed E-state index contributed by atoms with van der Waals surface area (Å²) in [5.41, 5.74) is 4.74. The Labute approximate surface area is 247 Å². The van der Waals surface area contributed by atoms with Crippen molar-refractivity contribution in [2.75, 3.05) is 13.1 Å². The number of fused-ring (bicyclic) bond motifs is 3. The van der Waals surface area contributed by atoms with Gasteiger partial charge in [-0.25, -0.2) is 0 Å². The maximum atomic E-state index is 13.1. The maximum absolute atomic E-state index is 13.1. The van der Waals surface area contributed by atoms with Gasteiger partial charge in [-0.1, -0.05) is 29.8 Å². The van der Waals surface area contributed by atoms with Gasteiger partial charge in [0.15, 0.2) is 5.82 Å². The molecule has 1 atom stereocenters. The number of carbonyl (C=O) groups excluding carboxylic acids is 2. The SMILES string of the molecule is Cc1sc2c(c1C)C(c1ccc(Cl)cc1)=N[C@@H](CC(=O)NCCCNC(=O)/C=C/c1cccnc1)c1nnc(C)n1-2. The third kappa shape index (κ3) is 6.44. The Morgan fingerprint density at radius 3 is 2.61 bits per heavy atom. The molecule has 210 valence electrons. The second kappa shape index (κ2) is 12.6. The fraction of sp³-hybridized carbons (Fsp3) is 0.267. The number of hydrogen-bond acceptors (Lipinski definition) is 7. The monoisotopic (exact) mass is 587 g/mol. The molecule has 0 aliphatic carbocycles. The van der Waals surface area contributed by atoms with E-state index < -0.39 is 6.04 Å². The van der Waals surface area contributed by atoms with Gasteiger partial charge < -0.3 is 10.6 Å². The standard InChI is InChI=1S/C30H30ClN7O2S/c1-18-19(2)41-30-27(18)28(22-8-10-23(31)11-9-22)35-24(29-37-36-20(3)38(29)30)16-26(40)34-15-5-14-33-25(39)12-7-21-6-4-13-32-17-21/h4,6-13,17,24H,5,14-16H2,1-3H3,(H,33,39)(H,34,40)/b12-7+/t24-/m0/s1. The van der Waals surface area contributed by atoms with Crippen LogP contribution in [0, 0.1) is 20.8 Å². The summed E-state index contributed by atoms with van der Waals surface area (Å²) < 4.78 is 2.03. The number of carbonyl (C=O) groups is 2. The van der Waals surface area contributed by atoms with E-state index in [1.807, 2.05) is 47.9 Å². The highest BCUT2D eigenvalue weighted by Gasteiger charge is 2.32. The Morgan fingerprint density at radius 2 is 1.85 bits per heavy atom. The summed E-state index contributed by atoms with van der Waals surface area (Å²) in [6, 6.07) is 10.7. The molecule has 41 heavy (non-hydrogen) atoms. The predicted molar refractivity (Wildman–Crippen MR) is 162 cm³/mol. The lowest BCUT2D eigenvalue weighted by Gasteiger charge is -2.13. The third-order valence-electron chi connectivity index (χ3n) is 6.82. The number of aryl methyl sites for hydroxylation is 2. The normalized spacial score (nSPS) is 14.2. The van der Waals surface area contributed by atoms with Crippen molar-refractivity contribution in [2.45, 2.75) is 39.7 Å². The van der Waals surface area contributed by atoms with Crippen LogP contribution in [-0.2, 0) is 9.59 Å². The lowest BCUT2D eigenvalue weighted by atomic mass is 9.99. The van der Waals surface area contributed by atoms with E-state index in [-0.39, 0.29) is 18.2 Å². The van der Waals surface area contributed by atoms with E-state index in [4.69, 9.17) is 16.6 Å². The van der Waals surface area contributed by atoms with Crippen LogP contribution in [0.1, 0.15) is 57.7 Å². The number of halogens is 1. The highest BCUT2D eigenvalue weighted by Crippen LogP contribution is 2.39. The molecule has 0 fully saturated rings. The van der Waals surface area contributed by atoms with Gasteiger partial charge in [-0.15, -0.1) is 21.5 Å². The minimum atomic E-state index is -0.529. The van der Waals surface area contributed by atoms with Gasteiger partial charge in [0.05, 0.1) is 12.1 Å². The zero-order valence-corrected chi connectivity index (χ0v) is 24.6. The van der Waals surface area contributed by atoms with Crippen LogP contribution in [0.25, 0.3) is 11.1 Å². The van der Waals surface area contributed by atoms with E-state index in [0.717, 1.165) is 38.8 Å². The molecule has 0 spiro atoms. The van der Waals surface area contributed by atoms with Crippen molar-refractivity contribution < 1.29 is 9.59 Å². The van der Waals surface area contributed by atoms with Gasteiger partial charge in [-0.2, -0.15) is 0 Å². The molecule has 0 saturated carbocycles. The maximum Gasteiger partial charge on any atom is 0.244 e. The van der Waals surface area contributed by atoms with Gasteiger partial charge in [-0.05, 0) is 62.6 Å². The molecule has 0 unspecified atom stereocenters. The van der Waals surface area contributed by atoms with Crippen molar-refractivity contribution in [3.8, 4) is 5.00 Å². The van der Waals surface area contributed by atoms with Crippen LogP contribution in [0.15, 0.2) is 59.9 Å². The third-order valence-corrected chi connectivity index (χ3v) is 8.27. The quantitative estimate of drug-likeness (QED) is 0.213. The van der Waals surface area contributed by atoms with E-state index in [1.165, 1.54) is 11.0 Å². The Kier molecular flexibility index (Phi) is 8.70. The summed E-state index contributed by atoms with van der Waals surface area (Å²) in [6.07, 6.45) is 7.24. The molecule has 0 radical (unpaired) electrons. The highest BCUT2D eigenvalue weighted by atomic mass is 35.5. The highest BCUT2D eigenvalue weighted by molar-refractivity contribution is 7.15. The molecule has 1 aromatic carbocycles. The van der Waals surface area contributed by atoms with Gasteiger partial charge in [0.25, 0.3) is 0 Å². The number of thiophene rings is 1. The van der Waals surface area contributed by atoms with Gasteiger partial charge >= 0.3 is 0 Å². The van der Waals surface area contributed by atoms with Crippen LogP contribution in [-0.4, -0.2) is 50.4 Å². The Morgan fingerprint density at radius 1 is 1.07 bits per heavy atom. The smallest absolute Gasteiger partial charge is 0.244 e. The molecule has 3 aromatic heterocycles. The lowest BCUT2D eigenvalue weighted by Crippen LogP contribution is -2.30. The lowest BCUT2D eigenvalue weighted by molar-refractivity contribution is -0.121. The van der Waals surface area contributed by atoms with Gasteiger partial charge in [0.2, 0.25) is 11.8 Å². The summed E-state index contributed by atoms with van der Waals surface area (Å²) in [5, 5.41) is 16.2. The van der Waals surface area contributed by atoms with E-state index >= 15 is 0 Å². The van der Waals surface area contributed by atoms with Crippen molar-refractivity contribution in [1.29, 1.82) is 0 Å². The van der Waals surface area contributed by atoms with Crippen molar-refractivity contribution in [3.05, 3.63) is 98.7 Å². The molecule has 4 heterocycles. The average molecular weight is 588 g/mol. The summed E-state index contributed by atoms with van der Waals surface area (Å²) in [7, 11) is 0. The predicted octanol–water partition coefficient (Wildman–Crippen LogP) is 4.92. The van der Waals surface area contributed by atoms with E-state index in [1.54, 1.807) is 29.8 Å². The fourth-order valence-electron chi connectivity index (χ4n) is 4.61. The second-order valence-corrected chi connectivity index (χ2v) is 11.4. The Hall–Kier alpha value is -4.15. The van der Waals surface area contributed by atoms with Crippen LogP contribution in [0.3, 0.4) is 0 Å². The number of aromatic nitrogens is 4. The van der Waals surface area contributed by atoms with Crippen LogP contribution < -0.4 is 10.6 Å². The summed E-state index contributed by atoms with van der Waals surface area (Å²) in [5.74, 6) is 1.03. The number of nitrogens with zero attached hydrogens (tertiary/aromatic N) is 5. The molecule has 9 nitrogen and oxygen atoms in total. The Balaban J connectivity index is 1.27. The van der Waals surface area contributed by atoms with E-state index in [2.05, 4.69) is 39.7 Å². The van der Waals surface area contributed by atoms with Crippen LogP contribution in [0.4, 0.5) is 0 Å². The van der Waals surface area contributed by atoms with E-state index in [9.17, 15) is 9.59 Å². The van der Waals surface area contributed by atoms with Crippen molar-refractivity contribution in [1.82, 2.24) is 30.4 Å². The molecule has 1 aliphatic rings. The first kappa shape index (κ1) is 28.4. The number of hydrogen-bond donors (Lipinski definition) is 2. The van der Waals surface area contributed by atoms with Crippen molar-refractivity contribution >= 4 is 46.5 Å². The number of aliphatic imine (C=N–C) groups is 1. The molecule has 0 saturated heterocycles. The van der Waals surface area contributed by atoms with Crippen molar-refractivity contribution in [3.63, 3.8) is 0 Å². The molecule has 0 bridgehead atoms. The summed E-state index contributed by atoms with van der Waals surface area (Å²) in [4.78, 5) is 35.5. The minimum absolute atomic E-state index is 0.113. The largest absolute Gasteiger partial charge is 0.356 e. The molecule has 2 amide bonds. The van der Waals surface area contributed by atoms with Crippen LogP contribution in [0.5, 0.6) is 0 Å².